The average molecular weight is 230 g/mol. The van der Waals surface area contributed by atoms with Crippen molar-refractivity contribution in [3.05, 3.63) is 34.9 Å². The maximum absolute atomic E-state index is 12.5. The van der Waals surface area contributed by atoms with E-state index in [9.17, 15) is 4.79 Å². The highest BCUT2D eigenvalue weighted by molar-refractivity contribution is 5.96. The Morgan fingerprint density at radius 3 is 2.82 bits per heavy atom. The normalized spacial score (nSPS) is 19.2. The number of hydrogen-bond donors (Lipinski definition) is 1. The third kappa shape index (κ3) is 1.95. The van der Waals surface area contributed by atoms with Gasteiger partial charge in [0.25, 0.3) is 5.91 Å². The van der Waals surface area contributed by atoms with E-state index in [1.807, 2.05) is 17.0 Å². The molecule has 1 heterocycles. The summed E-state index contributed by atoms with van der Waals surface area (Å²) in [4.78, 5) is 14.4. The van der Waals surface area contributed by atoms with Crippen molar-refractivity contribution in [3.8, 4) is 0 Å². The quantitative estimate of drug-likeness (QED) is 0.787. The van der Waals surface area contributed by atoms with Gasteiger partial charge in [-0.3, -0.25) is 4.79 Å². The molecule has 1 N–H and O–H groups in total. The van der Waals surface area contributed by atoms with E-state index in [-0.39, 0.29) is 5.91 Å². The Balaban J connectivity index is 1.88. The fourth-order valence-corrected chi connectivity index (χ4v) is 2.86. The zero-order valence-electron chi connectivity index (χ0n) is 10.0. The number of carbonyl (C=O) groups excluding carboxylic acids is 1. The van der Waals surface area contributed by atoms with Crippen LogP contribution in [0.15, 0.2) is 18.2 Å². The molecular weight excluding hydrogens is 212 g/mol. The summed E-state index contributed by atoms with van der Waals surface area (Å²) in [7, 11) is 0. The summed E-state index contributed by atoms with van der Waals surface area (Å²) in [6.45, 7) is 3.51. The molecule has 0 saturated carbocycles. The molecule has 3 nitrogen and oxygen atoms in total. The number of amides is 1. The molecule has 3 rings (SSSR count). The monoisotopic (exact) mass is 230 g/mol. The Morgan fingerprint density at radius 2 is 2.00 bits per heavy atom. The molecule has 0 bridgehead atoms. The van der Waals surface area contributed by atoms with Gasteiger partial charge >= 0.3 is 0 Å². The molecule has 0 radical (unpaired) electrons. The van der Waals surface area contributed by atoms with Gasteiger partial charge in [0.15, 0.2) is 0 Å². The molecule has 90 valence electrons. The van der Waals surface area contributed by atoms with E-state index in [0.717, 1.165) is 44.6 Å². The van der Waals surface area contributed by atoms with E-state index >= 15 is 0 Å². The van der Waals surface area contributed by atoms with Crippen LogP contribution in [0, 0.1) is 0 Å². The smallest absolute Gasteiger partial charge is 0.254 e. The largest absolute Gasteiger partial charge is 0.336 e. The molecule has 3 heteroatoms. The van der Waals surface area contributed by atoms with Crippen LogP contribution in [0.5, 0.6) is 0 Å². The van der Waals surface area contributed by atoms with E-state index in [2.05, 4.69) is 11.4 Å². The molecule has 0 spiro atoms. The van der Waals surface area contributed by atoms with E-state index in [0.29, 0.717) is 0 Å². The van der Waals surface area contributed by atoms with Gasteiger partial charge in [0, 0.05) is 31.7 Å². The van der Waals surface area contributed by atoms with Crippen molar-refractivity contribution in [1.29, 1.82) is 0 Å². The van der Waals surface area contributed by atoms with Gasteiger partial charge in [-0.05, 0) is 36.5 Å². The second kappa shape index (κ2) is 4.49. The van der Waals surface area contributed by atoms with Crippen LogP contribution < -0.4 is 5.32 Å². The average Bonchev–Trinajstić information content (AvgIpc) is 2.87. The van der Waals surface area contributed by atoms with E-state index in [4.69, 9.17) is 0 Å². The molecule has 1 fully saturated rings. The number of benzene rings is 1. The molecule has 1 aromatic rings. The highest BCUT2D eigenvalue weighted by atomic mass is 16.2. The Morgan fingerprint density at radius 1 is 1.18 bits per heavy atom. The number of fused-ring (bicyclic) bond motifs is 1. The van der Waals surface area contributed by atoms with Gasteiger partial charge in [0.2, 0.25) is 0 Å². The molecular formula is C14H18N2O. The van der Waals surface area contributed by atoms with Gasteiger partial charge < -0.3 is 10.2 Å². The molecule has 17 heavy (non-hydrogen) atoms. The first-order valence-corrected chi connectivity index (χ1v) is 6.47. The summed E-state index contributed by atoms with van der Waals surface area (Å²) in [5.74, 6) is 0.227. The number of carbonyl (C=O) groups is 1. The van der Waals surface area contributed by atoms with Crippen LogP contribution in [-0.2, 0) is 12.8 Å². The second-order valence-corrected chi connectivity index (χ2v) is 4.84. The molecule has 1 aliphatic carbocycles. The van der Waals surface area contributed by atoms with Crippen LogP contribution >= 0.6 is 0 Å². The summed E-state index contributed by atoms with van der Waals surface area (Å²) in [6, 6.07) is 6.19. The fourth-order valence-electron chi connectivity index (χ4n) is 2.86. The predicted octanol–water partition coefficient (Wildman–Crippen LogP) is 1.22. The number of piperazine rings is 1. The minimum absolute atomic E-state index is 0.227. The Kier molecular flexibility index (Phi) is 2.85. The Bertz CT molecular complexity index is 436. The summed E-state index contributed by atoms with van der Waals surface area (Å²) in [6.07, 6.45) is 3.41. The molecule has 1 amide bonds. The lowest BCUT2D eigenvalue weighted by atomic mass is 10.0. The third-order valence-electron chi connectivity index (χ3n) is 3.78. The topological polar surface area (TPSA) is 32.3 Å². The SMILES string of the molecule is O=C(c1cccc2c1CCC2)N1CCNCC1. The standard InChI is InChI=1S/C14H18N2O/c17-14(16-9-7-15-8-10-16)13-6-2-4-11-3-1-5-12(11)13/h2,4,6,15H,1,3,5,7-10H2. The van der Waals surface area contributed by atoms with Gasteiger partial charge in [-0.25, -0.2) is 0 Å². The van der Waals surface area contributed by atoms with Gasteiger partial charge in [0.1, 0.15) is 0 Å². The first kappa shape index (κ1) is 10.8. The minimum atomic E-state index is 0.227. The van der Waals surface area contributed by atoms with Crippen molar-refractivity contribution < 1.29 is 4.79 Å². The van der Waals surface area contributed by atoms with Gasteiger partial charge in [-0.1, -0.05) is 12.1 Å². The Hall–Kier alpha value is -1.35. The molecule has 1 saturated heterocycles. The van der Waals surface area contributed by atoms with Crippen molar-refractivity contribution in [1.82, 2.24) is 10.2 Å². The zero-order chi connectivity index (χ0) is 11.7. The van der Waals surface area contributed by atoms with Gasteiger partial charge in [0.05, 0.1) is 0 Å². The third-order valence-corrected chi connectivity index (χ3v) is 3.78. The van der Waals surface area contributed by atoms with Gasteiger partial charge in [-0.15, -0.1) is 0 Å². The van der Waals surface area contributed by atoms with Crippen LogP contribution in [0.25, 0.3) is 0 Å². The van der Waals surface area contributed by atoms with Crippen LogP contribution in [-0.4, -0.2) is 37.0 Å². The number of hydrogen-bond acceptors (Lipinski definition) is 2. The molecule has 2 aliphatic rings. The highest BCUT2D eigenvalue weighted by Gasteiger charge is 2.23. The van der Waals surface area contributed by atoms with Crippen molar-refractivity contribution in [3.63, 3.8) is 0 Å². The number of aryl methyl sites for hydroxylation is 1. The lowest BCUT2D eigenvalue weighted by Crippen LogP contribution is -2.46. The first-order valence-electron chi connectivity index (χ1n) is 6.47. The second-order valence-electron chi connectivity index (χ2n) is 4.84. The van der Waals surface area contributed by atoms with Crippen molar-refractivity contribution >= 4 is 5.91 Å². The molecule has 0 aromatic heterocycles. The first-order chi connectivity index (χ1) is 8.36. The van der Waals surface area contributed by atoms with Crippen LogP contribution in [0.2, 0.25) is 0 Å². The fraction of sp³-hybridized carbons (Fsp3) is 0.500. The molecule has 1 aliphatic heterocycles. The number of nitrogens with one attached hydrogen (secondary N) is 1. The van der Waals surface area contributed by atoms with Crippen molar-refractivity contribution in [2.45, 2.75) is 19.3 Å². The van der Waals surface area contributed by atoms with Crippen molar-refractivity contribution in [2.75, 3.05) is 26.2 Å². The zero-order valence-corrected chi connectivity index (χ0v) is 10.0. The van der Waals surface area contributed by atoms with Gasteiger partial charge in [-0.2, -0.15) is 0 Å². The van der Waals surface area contributed by atoms with Crippen molar-refractivity contribution in [2.24, 2.45) is 0 Å². The lowest BCUT2D eigenvalue weighted by Gasteiger charge is -2.28. The van der Waals surface area contributed by atoms with Crippen LogP contribution in [0.4, 0.5) is 0 Å². The van der Waals surface area contributed by atoms with E-state index < -0.39 is 0 Å². The summed E-state index contributed by atoms with van der Waals surface area (Å²) in [5.41, 5.74) is 3.63. The summed E-state index contributed by atoms with van der Waals surface area (Å²) >= 11 is 0. The minimum Gasteiger partial charge on any atom is -0.336 e. The molecule has 0 atom stereocenters. The lowest BCUT2D eigenvalue weighted by molar-refractivity contribution is 0.0735. The maximum atomic E-state index is 12.5. The Labute approximate surface area is 102 Å². The maximum Gasteiger partial charge on any atom is 0.254 e. The van der Waals surface area contributed by atoms with Crippen LogP contribution in [0.3, 0.4) is 0 Å². The number of nitrogens with zero attached hydrogens (tertiary/aromatic N) is 1. The van der Waals surface area contributed by atoms with E-state index in [1.54, 1.807) is 0 Å². The summed E-state index contributed by atoms with van der Waals surface area (Å²) in [5, 5.41) is 3.28. The predicted molar refractivity (Wildman–Crippen MR) is 67.2 cm³/mol. The molecule has 1 aromatic carbocycles. The molecule has 0 unspecified atom stereocenters. The van der Waals surface area contributed by atoms with Crippen LogP contribution in [0.1, 0.15) is 27.9 Å². The van der Waals surface area contributed by atoms with E-state index in [1.165, 1.54) is 17.5 Å². The highest BCUT2D eigenvalue weighted by Crippen LogP contribution is 2.26. The number of rotatable bonds is 1. The summed E-state index contributed by atoms with van der Waals surface area (Å²) < 4.78 is 0.